The number of ketones is 1. The molecule has 1 aliphatic rings. The molecule has 0 radical (unpaired) electrons. The lowest BCUT2D eigenvalue weighted by Crippen LogP contribution is -2.21. The third kappa shape index (κ3) is 5.37. The lowest BCUT2D eigenvalue weighted by atomic mass is 9.88. The lowest BCUT2D eigenvalue weighted by molar-refractivity contribution is -0.119. The summed E-state index contributed by atoms with van der Waals surface area (Å²) in [6.07, 6.45) is 3.40. The molecule has 1 atom stereocenters. The molecule has 29 heavy (non-hydrogen) atoms. The van der Waals surface area contributed by atoms with Crippen LogP contribution in [0.2, 0.25) is 0 Å². The fourth-order valence-electron chi connectivity index (χ4n) is 3.22. The van der Waals surface area contributed by atoms with E-state index in [-0.39, 0.29) is 35.3 Å². The number of anilines is 1. The Labute approximate surface area is 167 Å². The molecule has 154 valence electrons. The van der Waals surface area contributed by atoms with E-state index >= 15 is 0 Å². The van der Waals surface area contributed by atoms with Crippen molar-refractivity contribution in [2.45, 2.75) is 32.6 Å². The molecule has 1 amide bonds. The molecule has 0 fully saturated rings. The number of carbonyl (C=O) groups excluding carboxylic acids is 2. The van der Waals surface area contributed by atoms with Crippen LogP contribution in [0.4, 0.5) is 10.5 Å². The van der Waals surface area contributed by atoms with E-state index in [2.05, 4.69) is 5.32 Å². The summed E-state index contributed by atoms with van der Waals surface area (Å²) in [7, 11) is 0. The van der Waals surface area contributed by atoms with Gasteiger partial charge in [0.15, 0.2) is 5.78 Å². The van der Waals surface area contributed by atoms with Crippen LogP contribution in [-0.4, -0.2) is 30.2 Å². The van der Waals surface area contributed by atoms with Crippen molar-refractivity contribution < 1.29 is 28.6 Å². The van der Waals surface area contributed by atoms with Gasteiger partial charge in [-0.2, -0.15) is 0 Å². The summed E-state index contributed by atoms with van der Waals surface area (Å²) >= 11 is 0. The molecule has 2 aromatic rings. The molecule has 2 N–H and O–H groups in total. The van der Waals surface area contributed by atoms with Crippen molar-refractivity contribution in [3.63, 3.8) is 0 Å². The number of hydrogen-bond donors (Lipinski definition) is 2. The number of allylic oxidation sites excluding steroid dienone is 2. The monoisotopic (exact) mass is 401 g/mol. The Morgan fingerprint density at radius 3 is 2.90 bits per heavy atom. The van der Waals surface area contributed by atoms with Crippen molar-refractivity contribution in [3.05, 3.63) is 46.5 Å². The maximum Gasteiger partial charge on any atom is 0.411 e. The van der Waals surface area contributed by atoms with Gasteiger partial charge in [-0.15, -0.1) is 0 Å². The van der Waals surface area contributed by atoms with Crippen molar-refractivity contribution in [3.8, 4) is 5.75 Å². The molecule has 1 aromatic carbocycles. The first-order valence-electron chi connectivity index (χ1n) is 9.54. The largest absolute Gasteiger partial charge is 0.508 e. The topological polar surface area (TPSA) is 115 Å². The van der Waals surface area contributed by atoms with Gasteiger partial charge < -0.3 is 19.0 Å². The minimum Gasteiger partial charge on any atom is -0.508 e. The highest BCUT2D eigenvalue weighted by Crippen LogP contribution is 2.25. The summed E-state index contributed by atoms with van der Waals surface area (Å²) in [5, 5.41) is 12.3. The third-order valence-electron chi connectivity index (χ3n) is 4.66. The Balaban J connectivity index is 1.47. The van der Waals surface area contributed by atoms with Crippen LogP contribution in [0.25, 0.3) is 11.0 Å². The second-order valence-electron chi connectivity index (χ2n) is 6.75. The van der Waals surface area contributed by atoms with Crippen molar-refractivity contribution in [1.29, 1.82) is 0 Å². The molecule has 0 aliphatic heterocycles. The zero-order valence-electron chi connectivity index (χ0n) is 16.1. The average Bonchev–Trinajstić information content (AvgIpc) is 2.67. The van der Waals surface area contributed by atoms with E-state index in [0.717, 1.165) is 18.6 Å². The Bertz CT molecular complexity index is 992. The van der Waals surface area contributed by atoms with Crippen molar-refractivity contribution in [1.82, 2.24) is 0 Å². The van der Waals surface area contributed by atoms with Crippen molar-refractivity contribution >= 4 is 28.5 Å². The van der Waals surface area contributed by atoms with Crippen LogP contribution in [0.3, 0.4) is 0 Å². The number of aromatic hydroxyl groups is 1. The van der Waals surface area contributed by atoms with E-state index in [1.807, 2.05) is 6.92 Å². The van der Waals surface area contributed by atoms with Gasteiger partial charge in [0.25, 0.3) is 0 Å². The van der Waals surface area contributed by atoms with Crippen molar-refractivity contribution in [2.24, 2.45) is 5.92 Å². The van der Waals surface area contributed by atoms with Gasteiger partial charge in [-0.25, -0.2) is 9.59 Å². The molecule has 0 spiro atoms. The van der Waals surface area contributed by atoms with Gasteiger partial charge in [0.2, 0.25) is 0 Å². The number of benzene rings is 1. The fourth-order valence-corrected chi connectivity index (χ4v) is 3.22. The van der Waals surface area contributed by atoms with Crippen LogP contribution in [0.1, 0.15) is 32.6 Å². The summed E-state index contributed by atoms with van der Waals surface area (Å²) in [5.74, 6) is 0.661. The van der Waals surface area contributed by atoms with E-state index in [4.69, 9.17) is 13.9 Å². The number of nitrogens with one attached hydrogen (secondary N) is 1. The Morgan fingerprint density at radius 1 is 1.31 bits per heavy atom. The molecule has 0 saturated carbocycles. The standard InChI is InChI=1S/C21H23NO7/c1-2-27-16-8-6-13(18(24)12-16)4-3-9-28-21(26)22-17-10-14-5-7-15(23)11-19(14)29-20(17)25/h5,7,10-13,23H,2-4,6,8-9H2,1H3,(H,22,26). The summed E-state index contributed by atoms with van der Waals surface area (Å²) in [6.45, 7) is 2.56. The number of amides is 1. The molecular weight excluding hydrogens is 378 g/mol. The molecule has 1 unspecified atom stereocenters. The molecule has 1 aromatic heterocycles. The molecule has 0 saturated heterocycles. The highest BCUT2D eigenvalue weighted by Gasteiger charge is 2.22. The first-order valence-corrected chi connectivity index (χ1v) is 9.54. The highest BCUT2D eigenvalue weighted by molar-refractivity contribution is 5.93. The maximum absolute atomic E-state index is 12.1. The predicted molar refractivity (Wildman–Crippen MR) is 106 cm³/mol. The number of phenolic OH excluding ortho intramolecular Hbond substituents is 1. The van der Waals surface area contributed by atoms with Gasteiger partial charge in [-0.3, -0.25) is 10.1 Å². The zero-order valence-corrected chi connectivity index (χ0v) is 16.1. The minimum atomic E-state index is -0.774. The van der Waals surface area contributed by atoms with Gasteiger partial charge in [-0.05, 0) is 44.4 Å². The normalized spacial score (nSPS) is 16.4. The smallest absolute Gasteiger partial charge is 0.411 e. The SMILES string of the molecule is CCOC1=CC(=O)C(CCCOC(=O)Nc2cc3ccc(O)cc3oc2=O)CC1. The van der Waals surface area contributed by atoms with E-state index in [9.17, 15) is 19.5 Å². The number of phenols is 1. The Hall–Kier alpha value is -3.29. The second kappa shape index (κ2) is 9.27. The number of ether oxygens (including phenoxy) is 2. The number of hydrogen-bond acceptors (Lipinski definition) is 7. The van der Waals surface area contributed by atoms with Gasteiger partial charge in [-0.1, -0.05) is 0 Å². The summed E-state index contributed by atoms with van der Waals surface area (Å²) in [5.41, 5.74) is -0.582. The van der Waals surface area contributed by atoms with E-state index < -0.39 is 11.7 Å². The molecule has 0 bridgehead atoms. The number of rotatable bonds is 7. The molecular formula is C21H23NO7. The van der Waals surface area contributed by atoms with Crippen LogP contribution >= 0.6 is 0 Å². The molecule has 3 rings (SSSR count). The molecule has 1 heterocycles. The summed E-state index contributed by atoms with van der Waals surface area (Å²) in [6, 6.07) is 5.78. The molecule has 8 nitrogen and oxygen atoms in total. The number of carbonyl (C=O) groups is 2. The average molecular weight is 401 g/mol. The van der Waals surface area contributed by atoms with Gasteiger partial charge in [0.1, 0.15) is 17.0 Å². The minimum absolute atomic E-state index is 0.0261. The molecule has 8 heteroatoms. The predicted octanol–water partition coefficient (Wildman–Crippen LogP) is 3.73. The van der Waals surface area contributed by atoms with E-state index in [0.29, 0.717) is 24.8 Å². The van der Waals surface area contributed by atoms with Crippen LogP contribution in [0, 0.1) is 5.92 Å². The van der Waals surface area contributed by atoms with Crippen molar-refractivity contribution in [2.75, 3.05) is 18.5 Å². The highest BCUT2D eigenvalue weighted by atomic mass is 16.5. The zero-order chi connectivity index (χ0) is 20.8. The third-order valence-corrected chi connectivity index (χ3v) is 4.66. The van der Waals surface area contributed by atoms with Gasteiger partial charge in [0.05, 0.1) is 19.0 Å². The summed E-state index contributed by atoms with van der Waals surface area (Å²) < 4.78 is 15.5. The quantitative estimate of drug-likeness (QED) is 0.536. The lowest BCUT2D eigenvalue weighted by Gasteiger charge is -2.20. The first kappa shape index (κ1) is 20.4. The fraction of sp³-hybridized carbons (Fsp3) is 0.381. The Kier molecular flexibility index (Phi) is 6.54. The maximum atomic E-state index is 12.1. The number of fused-ring (bicyclic) bond motifs is 1. The van der Waals surface area contributed by atoms with E-state index in [1.54, 1.807) is 12.1 Å². The van der Waals surface area contributed by atoms with Gasteiger partial charge in [0, 0.05) is 29.9 Å². The Morgan fingerprint density at radius 2 is 2.14 bits per heavy atom. The second-order valence-corrected chi connectivity index (χ2v) is 6.75. The van der Waals surface area contributed by atoms with E-state index in [1.165, 1.54) is 18.2 Å². The molecule has 1 aliphatic carbocycles. The van der Waals surface area contributed by atoms with Crippen LogP contribution in [-0.2, 0) is 14.3 Å². The summed E-state index contributed by atoms with van der Waals surface area (Å²) in [4.78, 5) is 36.0. The van der Waals surface area contributed by atoms with Crippen LogP contribution < -0.4 is 10.9 Å². The van der Waals surface area contributed by atoms with Crippen LogP contribution in [0.15, 0.2) is 45.3 Å². The van der Waals surface area contributed by atoms with Gasteiger partial charge >= 0.3 is 11.7 Å². The van der Waals surface area contributed by atoms with Crippen LogP contribution in [0.5, 0.6) is 5.75 Å². The first-order chi connectivity index (χ1) is 14.0.